The lowest BCUT2D eigenvalue weighted by Gasteiger charge is -2.08. The number of aryl methyl sites for hydroxylation is 1. The fourth-order valence-electron chi connectivity index (χ4n) is 1.64. The lowest BCUT2D eigenvalue weighted by Crippen LogP contribution is -2.02. The van der Waals surface area contributed by atoms with Gasteiger partial charge in [0, 0.05) is 24.5 Å². The normalized spacial score (nSPS) is 10.1. The molecule has 3 heteroatoms. The Bertz CT molecular complexity index is 480. The molecule has 1 aromatic heterocycles. The van der Waals surface area contributed by atoms with Crippen molar-refractivity contribution in [1.29, 1.82) is 0 Å². The molecule has 0 spiro atoms. The van der Waals surface area contributed by atoms with Crippen molar-refractivity contribution in [3.63, 3.8) is 0 Å². The molecule has 0 bridgehead atoms. The minimum atomic E-state index is 0.843. The third-order valence-corrected chi connectivity index (χ3v) is 2.33. The quantitative estimate of drug-likeness (QED) is 0.851. The van der Waals surface area contributed by atoms with Crippen molar-refractivity contribution >= 4 is 5.82 Å². The maximum absolute atomic E-state index is 4.38. The molecule has 0 amide bonds. The summed E-state index contributed by atoms with van der Waals surface area (Å²) < 4.78 is 0. The zero-order valence-corrected chi connectivity index (χ0v) is 9.57. The second-order valence-electron chi connectivity index (χ2n) is 3.65. The molecular weight excluding hydrogens is 198 g/mol. The highest BCUT2D eigenvalue weighted by atomic mass is 15.0. The van der Waals surface area contributed by atoms with E-state index in [2.05, 4.69) is 47.3 Å². The molecule has 2 rings (SSSR count). The van der Waals surface area contributed by atoms with Crippen molar-refractivity contribution in [3.8, 4) is 11.3 Å². The Kier molecular flexibility index (Phi) is 3.15. The van der Waals surface area contributed by atoms with E-state index in [1.54, 1.807) is 12.4 Å². The molecule has 1 N–H and O–H groups in total. The molecule has 2 aromatic rings. The van der Waals surface area contributed by atoms with Gasteiger partial charge in [0.25, 0.3) is 0 Å². The number of benzene rings is 1. The van der Waals surface area contributed by atoms with Crippen molar-refractivity contribution in [3.05, 3.63) is 42.2 Å². The molecule has 0 unspecified atom stereocenters. The van der Waals surface area contributed by atoms with Gasteiger partial charge >= 0.3 is 0 Å². The van der Waals surface area contributed by atoms with Gasteiger partial charge < -0.3 is 5.32 Å². The second-order valence-corrected chi connectivity index (χ2v) is 3.65. The molecule has 0 fully saturated rings. The van der Waals surface area contributed by atoms with Crippen LogP contribution in [0.15, 0.2) is 36.7 Å². The number of nitrogens with zero attached hydrogens (tertiary/aromatic N) is 2. The summed E-state index contributed by atoms with van der Waals surface area (Å²) >= 11 is 0. The SMILES string of the molecule is CCNc1nccnc1-c1cccc(C)c1. The maximum Gasteiger partial charge on any atom is 0.152 e. The van der Waals surface area contributed by atoms with Crippen LogP contribution in [0.3, 0.4) is 0 Å². The molecule has 0 saturated carbocycles. The standard InChI is InChI=1S/C13H15N3/c1-3-14-13-12(15-7-8-16-13)11-6-4-5-10(2)9-11/h4-9H,3H2,1-2H3,(H,14,16). The average molecular weight is 213 g/mol. The summed E-state index contributed by atoms with van der Waals surface area (Å²) in [6.45, 7) is 4.97. The van der Waals surface area contributed by atoms with Crippen LogP contribution in [0.2, 0.25) is 0 Å². The molecule has 0 saturated heterocycles. The largest absolute Gasteiger partial charge is 0.369 e. The van der Waals surface area contributed by atoms with Crippen LogP contribution in [0.5, 0.6) is 0 Å². The van der Waals surface area contributed by atoms with Crippen LogP contribution < -0.4 is 5.32 Å². The van der Waals surface area contributed by atoms with E-state index < -0.39 is 0 Å². The Morgan fingerprint density at radius 1 is 1.19 bits per heavy atom. The van der Waals surface area contributed by atoms with Gasteiger partial charge in [0.15, 0.2) is 5.82 Å². The van der Waals surface area contributed by atoms with Crippen LogP contribution in [0.1, 0.15) is 12.5 Å². The van der Waals surface area contributed by atoms with Crippen molar-refractivity contribution < 1.29 is 0 Å². The van der Waals surface area contributed by atoms with Crippen molar-refractivity contribution in [2.75, 3.05) is 11.9 Å². The summed E-state index contributed by atoms with van der Waals surface area (Å²) in [5, 5.41) is 3.22. The lowest BCUT2D eigenvalue weighted by molar-refractivity contribution is 1.12. The first-order valence-electron chi connectivity index (χ1n) is 5.43. The molecule has 1 aromatic carbocycles. The van der Waals surface area contributed by atoms with Gasteiger partial charge in [-0.1, -0.05) is 23.8 Å². The van der Waals surface area contributed by atoms with E-state index in [-0.39, 0.29) is 0 Å². The summed E-state index contributed by atoms with van der Waals surface area (Å²) in [6, 6.07) is 8.28. The van der Waals surface area contributed by atoms with Gasteiger partial charge in [-0.3, -0.25) is 4.98 Å². The topological polar surface area (TPSA) is 37.8 Å². The van der Waals surface area contributed by atoms with Gasteiger partial charge in [-0.25, -0.2) is 4.98 Å². The number of nitrogens with one attached hydrogen (secondary N) is 1. The molecule has 3 nitrogen and oxygen atoms in total. The predicted octanol–water partition coefficient (Wildman–Crippen LogP) is 2.88. The Balaban J connectivity index is 2.46. The van der Waals surface area contributed by atoms with Gasteiger partial charge in [0.1, 0.15) is 5.69 Å². The summed E-state index contributed by atoms with van der Waals surface area (Å²) in [5.74, 6) is 0.843. The highest BCUT2D eigenvalue weighted by Crippen LogP contribution is 2.23. The van der Waals surface area contributed by atoms with Crippen LogP contribution in [0.25, 0.3) is 11.3 Å². The van der Waals surface area contributed by atoms with Crippen LogP contribution in [-0.4, -0.2) is 16.5 Å². The average Bonchev–Trinajstić information content (AvgIpc) is 2.30. The third kappa shape index (κ3) is 2.19. The molecule has 1 heterocycles. The molecule has 16 heavy (non-hydrogen) atoms. The predicted molar refractivity (Wildman–Crippen MR) is 66.4 cm³/mol. The zero-order chi connectivity index (χ0) is 11.4. The first kappa shape index (κ1) is 10.6. The Morgan fingerprint density at radius 3 is 2.75 bits per heavy atom. The number of hydrogen-bond donors (Lipinski definition) is 1. The molecule has 0 radical (unpaired) electrons. The summed E-state index contributed by atoms with van der Waals surface area (Å²) in [6.07, 6.45) is 3.43. The van der Waals surface area contributed by atoms with E-state index in [4.69, 9.17) is 0 Å². The summed E-state index contributed by atoms with van der Waals surface area (Å²) in [5.41, 5.74) is 3.24. The van der Waals surface area contributed by atoms with Gasteiger partial charge in [-0.05, 0) is 19.9 Å². The van der Waals surface area contributed by atoms with Crippen LogP contribution >= 0.6 is 0 Å². The first-order valence-corrected chi connectivity index (χ1v) is 5.43. The highest BCUT2D eigenvalue weighted by molar-refractivity contribution is 5.71. The van der Waals surface area contributed by atoms with Crippen molar-refractivity contribution in [2.24, 2.45) is 0 Å². The van der Waals surface area contributed by atoms with E-state index in [0.29, 0.717) is 0 Å². The Hall–Kier alpha value is -1.90. The third-order valence-electron chi connectivity index (χ3n) is 2.33. The minimum Gasteiger partial charge on any atom is -0.369 e. The summed E-state index contributed by atoms with van der Waals surface area (Å²) in [7, 11) is 0. The fraction of sp³-hybridized carbons (Fsp3) is 0.231. The van der Waals surface area contributed by atoms with Crippen LogP contribution in [-0.2, 0) is 0 Å². The number of anilines is 1. The molecule has 0 aliphatic rings. The second kappa shape index (κ2) is 4.75. The molecule has 0 atom stereocenters. The van der Waals surface area contributed by atoms with E-state index in [9.17, 15) is 0 Å². The minimum absolute atomic E-state index is 0.843. The van der Waals surface area contributed by atoms with Crippen molar-refractivity contribution in [2.45, 2.75) is 13.8 Å². The van der Waals surface area contributed by atoms with Gasteiger partial charge in [0.05, 0.1) is 0 Å². The van der Waals surface area contributed by atoms with E-state index in [1.165, 1.54) is 5.56 Å². The number of aromatic nitrogens is 2. The summed E-state index contributed by atoms with van der Waals surface area (Å²) in [4.78, 5) is 8.68. The van der Waals surface area contributed by atoms with E-state index in [1.807, 2.05) is 6.07 Å². The monoisotopic (exact) mass is 213 g/mol. The Morgan fingerprint density at radius 2 is 2.00 bits per heavy atom. The fourth-order valence-corrected chi connectivity index (χ4v) is 1.64. The maximum atomic E-state index is 4.38. The van der Waals surface area contributed by atoms with Crippen LogP contribution in [0.4, 0.5) is 5.82 Å². The van der Waals surface area contributed by atoms with E-state index >= 15 is 0 Å². The van der Waals surface area contributed by atoms with Gasteiger partial charge in [-0.2, -0.15) is 0 Å². The van der Waals surface area contributed by atoms with E-state index in [0.717, 1.165) is 23.6 Å². The smallest absolute Gasteiger partial charge is 0.152 e. The first-order chi connectivity index (χ1) is 7.81. The molecule has 0 aliphatic heterocycles. The molecule has 0 aliphatic carbocycles. The van der Waals surface area contributed by atoms with Gasteiger partial charge in [0.2, 0.25) is 0 Å². The molecule has 82 valence electrons. The highest BCUT2D eigenvalue weighted by Gasteiger charge is 2.06. The zero-order valence-electron chi connectivity index (χ0n) is 9.57. The number of rotatable bonds is 3. The van der Waals surface area contributed by atoms with Crippen molar-refractivity contribution in [1.82, 2.24) is 9.97 Å². The number of hydrogen-bond acceptors (Lipinski definition) is 3. The lowest BCUT2D eigenvalue weighted by atomic mass is 10.1. The Labute approximate surface area is 95.6 Å². The van der Waals surface area contributed by atoms with Crippen LogP contribution in [0, 0.1) is 6.92 Å². The van der Waals surface area contributed by atoms with Gasteiger partial charge in [-0.15, -0.1) is 0 Å². The molecular formula is C13H15N3.